The van der Waals surface area contributed by atoms with Crippen LogP contribution in [0.2, 0.25) is 0 Å². The van der Waals surface area contributed by atoms with E-state index in [1.807, 2.05) is 55.5 Å². The van der Waals surface area contributed by atoms with Crippen LogP contribution in [0, 0.1) is 0 Å². The van der Waals surface area contributed by atoms with Crippen molar-refractivity contribution in [1.29, 1.82) is 0 Å². The number of amides is 2. The zero-order valence-electron chi connectivity index (χ0n) is 21.1. The van der Waals surface area contributed by atoms with Gasteiger partial charge < -0.3 is 15.0 Å². The van der Waals surface area contributed by atoms with Gasteiger partial charge in [0.25, 0.3) is 5.91 Å². The molecule has 0 radical (unpaired) electrons. The molecular weight excluding hydrogens is 452 g/mol. The molecule has 7 heteroatoms. The summed E-state index contributed by atoms with van der Waals surface area (Å²) in [5.41, 5.74) is 2.23. The molecule has 1 saturated carbocycles. The second-order valence-corrected chi connectivity index (χ2v) is 10.1. The number of hydrogen-bond acceptors (Lipinski definition) is 4. The molecule has 0 saturated heterocycles. The first-order valence-electron chi connectivity index (χ1n) is 12.9. The standard InChI is InChI=1S/C29H34N4O3/c1-29(28(35)30-23-11-7-4-8-12-23)20-33-26(19-25(31-33)22-13-15-24(36-2)16-14-22)27(34)32(29)18-17-21-9-5-3-6-10-21/h3,5-6,9-10,13-16,19,23H,4,7-8,11-12,17-18,20H2,1-2H3,(H,30,35)/t29-/m1/s1. The molecule has 188 valence electrons. The van der Waals surface area contributed by atoms with Gasteiger partial charge in [0, 0.05) is 18.2 Å². The number of rotatable bonds is 7. The number of fused-ring (bicyclic) bond motifs is 1. The van der Waals surface area contributed by atoms with Gasteiger partial charge in [0.15, 0.2) is 0 Å². The lowest BCUT2D eigenvalue weighted by atomic mass is 9.91. The number of methoxy groups -OCH3 is 1. The Kier molecular flexibility index (Phi) is 6.81. The van der Waals surface area contributed by atoms with Crippen LogP contribution in [0.5, 0.6) is 5.75 Å². The molecule has 0 unspecified atom stereocenters. The summed E-state index contributed by atoms with van der Waals surface area (Å²) < 4.78 is 6.98. The van der Waals surface area contributed by atoms with Crippen LogP contribution >= 0.6 is 0 Å². The predicted molar refractivity (Wildman–Crippen MR) is 139 cm³/mol. The average Bonchev–Trinajstić information content (AvgIpc) is 3.33. The van der Waals surface area contributed by atoms with Crippen LogP contribution in [0.25, 0.3) is 11.3 Å². The highest BCUT2D eigenvalue weighted by Gasteiger charge is 2.48. The Morgan fingerprint density at radius 3 is 2.50 bits per heavy atom. The normalized spacial score (nSPS) is 20.2. The Hall–Kier alpha value is -3.61. The van der Waals surface area contributed by atoms with Gasteiger partial charge in [-0.2, -0.15) is 5.10 Å². The third-order valence-electron chi connectivity index (χ3n) is 7.58. The second-order valence-electron chi connectivity index (χ2n) is 10.1. The first-order valence-corrected chi connectivity index (χ1v) is 12.9. The molecular formula is C29H34N4O3. The monoisotopic (exact) mass is 486 g/mol. The van der Waals surface area contributed by atoms with Crippen molar-refractivity contribution in [3.05, 3.63) is 71.9 Å². The van der Waals surface area contributed by atoms with Gasteiger partial charge >= 0.3 is 0 Å². The molecule has 1 aliphatic carbocycles. The molecule has 1 aliphatic heterocycles. The summed E-state index contributed by atoms with van der Waals surface area (Å²) in [6.07, 6.45) is 6.15. The Balaban J connectivity index is 1.45. The molecule has 7 nitrogen and oxygen atoms in total. The van der Waals surface area contributed by atoms with E-state index in [2.05, 4.69) is 17.4 Å². The first-order chi connectivity index (χ1) is 17.5. The van der Waals surface area contributed by atoms with Crippen molar-refractivity contribution in [2.24, 2.45) is 0 Å². The topological polar surface area (TPSA) is 76.5 Å². The molecule has 2 amide bonds. The SMILES string of the molecule is COc1ccc(-c2cc3n(n2)C[C@](C)(C(=O)NC2CCCCC2)N(CCc2ccccc2)C3=O)cc1. The van der Waals surface area contributed by atoms with Crippen molar-refractivity contribution in [2.45, 2.75) is 63.6 Å². The minimum absolute atomic E-state index is 0.0945. The fourth-order valence-corrected chi connectivity index (χ4v) is 5.37. The van der Waals surface area contributed by atoms with Crippen molar-refractivity contribution in [2.75, 3.05) is 13.7 Å². The molecule has 36 heavy (non-hydrogen) atoms. The van der Waals surface area contributed by atoms with E-state index in [1.165, 1.54) is 6.42 Å². The summed E-state index contributed by atoms with van der Waals surface area (Å²) in [7, 11) is 1.63. The molecule has 0 bridgehead atoms. The minimum atomic E-state index is -1.03. The van der Waals surface area contributed by atoms with Crippen molar-refractivity contribution in [1.82, 2.24) is 20.0 Å². The number of ether oxygens (including phenoxy) is 1. The van der Waals surface area contributed by atoms with Gasteiger partial charge in [-0.25, -0.2) is 0 Å². The highest BCUT2D eigenvalue weighted by Crippen LogP contribution is 2.31. The molecule has 2 heterocycles. The number of nitrogens with one attached hydrogen (secondary N) is 1. The summed E-state index contributed by atoms with van der Waals surface area (Å²) >= 11 is 0. The lowest BCUT2D eigenvalue weighted by molar-refractivity contribution is -0.134. The number of nitrogens with zero attached hydrogens (tertiary/aromatic N) is 3. The van der Waals surface area contributed by atoms with Crippen LogP contribution in [0.1, 0.15) is 55.1 Å². The van der Waals surface area contributed by atoms with Crippen LogP contribution in [0.15, 0.2) is 60.7 Å². The number of hydrogen-bond donors (Lipinski definition) is 1. The van der Waals surface area contributed by atoms with E-state index < -0.39 is 5.54 Å². The molecule has 1 fully saturated rings. The smallest absolute Gasteiger partial charge is 0.273 e. The van der Waals surface area contributed by atoms with Crippen molar-refractivity contribution >= 4 is 11.8 Å². The van der Waals surface area contributed by atoms with Gasteiger partial charge in [-0.1, -0.05) is 49.6 Å². The van der Waals surface area contributed by atoms with Crippen LogP contribution in [0.4, 0.5) is 0 Å². The third kappa shape index (κ3) is 4.74. The highest BCUT2D eigenvalue weighted by atomic mass is 16.5. The van der Waals surface area contributed by atoms with Crippen LogP contribution < -0.4 is 10.1 Å². The summed E-state index contributed by atoms with van der Waals surface area (Å²) in [5, 5.41) is 8.02. The molecule has 1 N–H and O–H groups in total. The minimum Gasteiger partial charge on any atom is -0.497 e. The van der Waals surface area contributed by atoms with Crippen LogP contribution in [-0.2, 0) is 17.8 Å². The Bertz CT molecular complexity index is 1220. The fourth-order valence-electron chi connectivity index (χ4n) is 5.37. The number of carbonyl (C=O) groups excluding carboxylic acids is 2. The summed E-state index contributed by atoms with van der Waals surface area (Å²) in [5.74, 6) is 0.506. The second kappa shape index (κ2) is 10.2. The van der Waals surface area contributed by atoms with Gasteiger partial charge in [0.2, 0.25) is 5.91 Å². The van der Waals surface area contributed by atoms with E-state index in [-0.39, 0.29) is 17.9 Å². The predicted octanol–water partition coefficient (Wildman–Crippen LogP) is 4.46. The fraction of sp³-hybridized carbons (Fsp3) is 0.414. The molecule has 2 aliphatic rings. The number of aromatic nitrogens is 2. The van der Waals surface area contributed by atoms with E-state index in [0.29, 0.717) is 30.9 Å². The van der Waals surface area contributed by atoms with E-state index >= 15 is 0 Å². The molecule has 2 aromatic carbocycles. The lowest BCUT2D eigenvalue weighted by Crippen LogP contribution is -2.65. The molecule has 0 spiro atoms. The Labute approximate surface area is 212 Å². The molecule has 5 rings (SSSR count). The quantitative estimate of drug-likeness (QED) is 0.535. The maximum Gasteiger partial charge on any atom is 0.273 e. The van der Waals surface area contributed by atoms with E-state index in [9.17, 15) is 9.59 Å². The van der Waals surface area contributed by atoms with Crippen molar-refractivity contribution in [3.63, 3.8) is 0 Å². The Morgan fingerprint density at radius 2 is 1.81 bits per heavy atom. The van der Waals surface area contributed by atoms with Crippen LogP contribution in [0.3, 0.4) is 0 Å². The average molecular weight is 487 g/mol. The van der Waals surface area contributed by atoms with Gasteiger partial charge in [-0.15, -0.1) is 0 Å². The first kappa shape index (κ1) is 24.1. The maximum atomic E-state index is 13.9. The molecule has 1 atom stereocenters. The van der Waals surface area contributed by atoms with Crippen LogP contribution in [-0.4, -0.2) is 51.7 Å². The summed E-state index contributed by atoms with van der Waals surface area (Å²) in [4.78, 5) is 29.4. The summed E-state index contributed by atoms with van der Waals surface area (Å²) in [6, 6.07) is 19.7. The van der Waals surface area contributed by atoms with Gasteiger partial charge in [-0.3, -0.25) is 14.3 Å². The van der Waals surface area contributed by atoms with Crippen molar-refractivity contribution in [3.8, 4) is 17.0 Å². The van der Waals surface area contributed by atoms with E-state index in [1.54, 1.807) is 16.7 Å². The number of benzene rings is 2. The van der Waals surface area contributed by atoms with Gasteiger partial charge in [0.1, 0.15) is 17.0 Å². The van der Waals surface area contributed by atoms with Crippen molar-refractivity contribution < 1.29 is 14.3 Å². The zero-order valence-corrected chi connectivity index (χ0v) is 21.1. The highest BCUT2D eigenvalue weighted by molar-refractivity contribution is 6.00. The van der Waals surface area contributed by atoms with E-state index in [0.717, 1.165) is 42.6 Å². The third-order valence-corrected chi connectivity index (χ3v) is 7.58. The number of carbonyl (C=O) groups is 2. The largest absolute Gasteiger partial charge is 0.497 e. The lowest BCUT2D eigenvalue weighted by Gasteiger charge is -2.44. The molecule has 1 aromatic heterocycles. The van der Waals surface area contributed by atoms with E-state index in [4.69, 9.17) is 9.84 Å². The Morgan fingerprint density at radius 1 is 1.08 bits per heavy atom. The van der Waals surface area contributed by atoms with Gasteiger partial charge in [-0.05, 0) is 62.1 Å². The summed E-state index contributed by atoms with van der Waals surface area (Å²) in [6.45, 7) is 2.66. The molecule has 3 aromatic rings. The maximum absolute atomic E-state index is 13.9. The zero-order chi connectivity index (χ0) is 25.1. The van der Waals surface area contributed by atoms with Gasteiger partial charge in [0.05, 0.1) is 19.3 Å².